The van der Waals surface area contributed by atoms with Gasteiger partial charge in [-0.1, -0.05) is 164 Å². The molecular formula is C38H39BN2Si. The minimum Gasteiger partial charge on any atom is -0.326 e. The predicted octanol–water partition coefficient (Wildman–Crippen LogP) is 6.49. The molecule has 1 aromatic heterocycles. The van der Waals surface area contributed by atoms with Crippen LogP contribution in [0.15, 0.2) is 164 Å². The minimum absolute atomic E-state index is 0.203. The third kappa shape index (κ3) is 6.90. The number of nitrogens with zero attached hydrogens (tertiary/aromatic N) is 2. The van der Waals surface area contributed by atoms with E-state index in [9.17, 15) is 0 Å². The van der Waals surface area contributed by atoms with Gasteiger partial charge in [0, 0.05) is 12.4 Å². The number of benzene rings is 5. The molecular weight excluding hydrogens is 523 g/mol. The second-order valence-corrected chi connectivity index (χ2v) is 13.0. The molecule has 0 saturated carbocycles. The molecule has 0 aliphatic carbocycles. The fraction of sp³-hybridized carbons (Fsp3) is 0.132. The van der Waals surface area contributed by atoms with E-state index in [-0.39, 0.29) is 5.16 Å². The van der Waals surface area contributed by atoms with E-state index >= 15 is 0 Å². The molecule has 0 radical (unpaired) electrons. The Hall–Kier alpha value is -4.41. The quantitative estimate of drug-likeness (QED) is 0.184. The van der Waals surface area contributed by atoms with Gasteiger partial charge in [0.25, 0.3) is 0 Å². The summed E-state index contributed by atoms with van der Waals surface area (Å²) < 4.78 is 2.31. The molecule has 42 heavy (non-hydrogen) atoms. The van der Waals surface area contributed by atoms with Crippen LogP contribution in [-0.4, -0.2) is 26.9 Å². The zero-order valence-electron chi connectivity index (χ0n) is 24.7. The van der Waals surface area contributed by atoms with Crippen LogP contribution in [0.3, 0.4) is 0 Å². The topological polar surface area (TPSA) is 17.8 Å². The molecule has 0 bridgehead atoms. The van der Waals surface area contributed by atoms with Crippen molar-refractivity contribution in [2.24, 2.45) is 0 Å². The Balaban J connectivity index is 0.000000211. The van der Waals surface area contributed by atoms with Gasteiger partial charge in [0.1, 0.15) is 7.85 Å². The van der Waals surface area contributed by atoms with Crippen LogP contribution in [0.1, 0.15) is 47.0 Å². The fourth-order valence-electron chi connectivity index (χ4n) is 5.76. The number of hydrogen-bond donors (Lipinski definition) is 0. The van der Waals surface area contributed by atoms with E-state index in [1.807, 2.05) is 12.5 Å². The van der Waals surface area contributed by atoms with Crippen molar-refractivity contribution in [3.05, 3.63) is 192 Å². The van der Waals surface area contributed by atoms with Crippen molar-refractivity contribution in [1.82, 2.24) is 9.55 Å². The predicted molar refractivity (Wildman–Crippen MR) is 183 cm³/mol. The molecule has 4 heteroatoms. The van der Waals surface area contributed by atoms with Crippen molar-refractivity contribution in [3.63, 3.8) is 0 Å². The molecule has 0 aliphatic heterocycles. The molecule has 0 amide bonds. The summed E-state index contributed by atoms with van der Waals surface area (Å²) in [5.41, 5.74) is 6.82. The van der Waals surface area contributed by atoms with Gasteiger partial charge in [0.05, 0.1) is 21.0 Å². The Bertz CT molecular complexity index is 1510. The highest BCUT2D eigenvalue weighted by molar-refractivity contribution is 6.57. The summed E-state index contributed by atoms with van der Waals surface area (Å²) in [5, 5.41) is 1.26. The first-order valence-electron chi connectivity index (χ1n) is 15.0. The normalized spacial score (nSPS) is 11.4. The molecule has 0 spiro atoms. The number of imidazole rings is 1. The van der Waals surface area contributed by atoms with Crippen LogP contribution in [0.25, 0.3) is 0 Å². The number of aryl methyl sites for hydroxylation is 1. The Morgan fingerprint density at radius 3 is 1.57 bits per heavy atom. The molecule has 0 fully saturated rings. The third-order valence-corrected chi connectivity index (χ3v) is 10.6. The van der Waals surface area contributed by atoms with Crippen molar-refractivity contribution >= 4 is 22.6 Å². The van der Waals surface area contributed by atoms with Crippen molar-refractivity contribution < 1.29 is 0 Å². The molecule has 0 N–H and O–H groups in total. The molecule has 0 atom stereocenters. The molecule has 5 aromatic carbocycles. The van der Waals surface area contributed by atoms with Crippen molar-refractivity contribution in [2.75, 3.05) is 0 Å². The maximum absolute atomic E-state index is 4.40. The lowest BCUT2D eigenvalue weighted by Gasteiger charge is -2.37. The van der Waals surface area contributed by atoms with Crippen LogP contribution >= 0.6 is 0 Å². The standard InChI is InChI=1S/C25H26N2Si.C13H13B/c1-2-9-21-14-16-24(17-15-21)28-25(27-19-18-26-20-27,22-10-5-3-6-11-22)23-12-7-4-8-13-23;14-13(11-7-3-1-4-8-11)12-9-5-2-6-10-12/h3-8,10-20H,2,9,28H2,1H3;1-10,13H,14H2. The van der Waals surface area contributed by atoms with E-state index in [1.54, 1.807) is 0 Å². The van der Waals surface area contributed by atoms with E-state index in [1.165, 1.54) is 39.4 Å². The summed E-state index contributed by atoms with van der Waals surface area (Å²) in [5.74, 6) is 0.484. The van der Waals surface area contributed by atoms with Gasteiger partial charge in [-0.15, -0.1) is 0 Å². The van der Waals surface area contributed by atoms with Gasteiger partial charge in [0.2, 0.25) is 0 Å². The molecule has 0 unspecified atom stereocenters. The SMILES string of the molecule is BC(c1ccccc1)c1ccccc1.CCCc1ccc([SiH2]C(c2ccccc2)(c2ccccc2)n2ccnc2)cc1. The Morgan fingerprint density at radius 2 is 1.14 bits per heavy atom. The van der Waals surface area contributed by atoms with Crippen LogP contribution in [-0.2, 0) is 11.6 Å². The van der Waals surface area contributed by atoms with Crippen LogP contribution in [0, 0.1) is 0 Å². The first-order chi connectivity index (χ1) is 20.7. The molecule has 0 saturated heterocycles. The average Bonchev–Trinajstić information content (AvgIpc) is 3.62. The highest BCUT2D eigenvalue weighted by Gasteiger charge is 2.36. The number of aromatic nitrogens is 2. The Kier molecular flexibility index (Phi) is 10.0. The zero-order valence-corrected chi connectivity index (χ0v) is 26.1. The number of rotatable bonds is 9. The molecule has 6 rings (SSSR count). The van der Waals surface area contributed by atoms with Gasteiger partial charge in [0.15, 0.2) is 0 Å². The number of hydrogen-bond acceptors (Lipinski definition) is 1. The van der Waals surface area contributed by atoms with Crippen LogP contribution in [0.2, 0.25) is 0 Å². The summed E-state index contributed by atoms with van der Waals surface area (Å²) in [6.45, 7) is 2.23. The summed E-state index contributed by atoms with van der Waals surface area (Å²) in [6, 6.07) is 52.3. The minimum atomic E-state index is -0.777. The van der Waals surface area contributed by atoms with Gasteiger partial charge in [-0.25, -0.2) is 4.98 Å². The van der Waals surface area contributed by atoms with Crippen LogP contribution < -0.4 is 5.19 Å². The molecule has 6 aromatic rings. The smallest absolute Gasteiger partial charge is 0.116 e. The van der Waals surface area contributed by atoms with E-state index in [0.29, 0.717) is 5.82 Å². The van der Waals surface area contributed by atoms with Gasteiger partial charge in [-0.2, -0.15) is 0 Å². The lowest BCUT2D eigenvalue weighted by molar-refractivity contribution is 0.596. The summed E-state index contributed by atoms with van der Waals surface area (Å²) >= 11 is 0. The van der Waals surface area contributed by atoms with Crippen LogP contribution in [0.4, 0.5) is 0 Å². The Morgan fingerprint density at radius 1 is 0.667 bits per heavy atom. The second-order valence-electron chi connectivity index (χ2n) is 10.8. The van der Waals surface area contributed by atoms with Crippen molar-refractivity contribution in [1.29, 1.82) is 0 Å². The van der Waals surface area contributed by atoms with E-state index < -0.39 is 9.52 Å². The maximum Gasteiger partial charge on any atom is 0.116 e. The molecule has 208 valence electrons. The first kappa shape index (κ1) is 29.1. The van der Waals surface area contributed by atoms with E-state index in [0.717, 1.165) is 6.42 Å². The van der Waals surface area contributed by atoms with Gasteiger partial charge >= 0.3 is 0 Å². The third-order valence-electron chi connectivity index (χ3n) is 8.07. The summed E-state index contributed by atoms with van der Waals surface area (Å²) in [7, 11) is 1.46. The average molecular weight is 563 g/mol. The molecule has 2 nitrogen and oxygen atoms in total. The van der Waals surface area contributed by atoms with Crippen molar-refractivity contribution in [2.45, 2.75) is 30.7 Å². The zero-order chi connectivity index (χ0) is 29.0. The second kappa shape index (κ2) is 14.5. The van der Waals surface area contributed by atoms with Crippen molar-refractivity contribution in [3.8, 4) is 0 Å². The Labute approximate surface area is 254 Å². The van der Waals surface area contributed by atoms with Gasteiger partial charge < -0.3 is 4.57 Å². The fourth-order valence-corrected chi connectivity index (χ4v) is 8.07. The lowest BCUT2D eigenvalue weighted by atomic mass is 9.76. The van der Waals surface area contributed by atoms with E-state index in [4.69, 9.17) is 0 Å². The lowest BCUT2D eigenvalue weighted by Crippen LogP contribution is -2.46. The highest BCUT2D eigenvalue weighted by Crippen LogP contribution is 2.33. The van der Waals surface area contributed by atoms with E-state index in [2.05, 4.69) is 176 Å². The molecule has 0 aliphatic rings. The maximum atomic E-state index is 4.40. The van der Waals surface area contributed by atoms with Crippen LogP contribution in [0.5, 0.6) is 0 Å². The summed E-state index contributed by atoms with van der Waals surface area (Å²) in [6.07, 6.45) is 8.30. The summed E-state index contributed by atoms with van der Waals surface area (Å²) in [4.78, 5) is 4.40. The first-order valence-corrected chi connectivity index (χ1v) is 16.4. The highest BCUT2D eigenvalue weighted by atomic mass is 28.2. The van der Waals surface area contributed by atoms with Gasteiger partial charge in [-0.3, -0.25) is 0 Å². The monoisotopic (exact) mass is 562 g/mol. The largest absolute Gasteiger partial charge is 0.326 e. The van der Waals surface area contributed by atoms with Gasteiger partial charge in [-0.05, 0) is 40.1 Å². The molecule has 1 heterocycles.